The van der Waals surface area contributed by atoms with Gasteiger partial charge in [-0.3, -0.25) is 0 Å². The highest BCUT2D eigenvalue weighted by Gasteiger charge is 2.14. The number of hydrogen-bond donors (Lipinski definition) is 1. The monoisotopic (exact) mass is 200 g/mol. The first-order valence-electron chi connectivity index (χ1n) is 5.59. The number of nitrogens with one attached hydrogen (secondary N) is 1. The van der Waals surface area contributed by atoms with Crippen LogP contribution in [-0.4, -0.2) is 13.1 Å². The summed E-state index contributed by atoms with van der Waals surface area (Å²) in [4.78, 5) is 0. The molecule has 15 heavy (non-hydrogen) atoms. The average Bonchev–Trinajstić information content (AvgIpc) is 2.31. The SMILES string of the molecule is N#Cc1ccccc1CC1CCNCC1. The van der Waals surface area contributed by atoms with Gasteiger partial charge < -0.3 is 5.32 Å². The van der Waals surface area contributed by atoms with Gasteiger partial charge in [0, 0.05) is 0 Å². The Morgan fingerprint density at radius 2 is 2.00 bits per heavy atom. The Balaban J connectivity index is 2.06. The summed E-state index contributed by atoms with van der Waals surface area (Å²) in [5.74, 6) is 0.751. The third kappa shape index (κ3) is 2.57. The van der Waals surface area contributed by atoms with Gasteiger partial charge in [-0.2, -0.15) is 5.26 Å². The number of nitriles is 1. The molecular weight excluding hydrogens is 184 g/mol. The first kappa shape index (κ1) is 10.2. The zero-order valence-electron chi connectivity index (χ0n) is 8.87. The molecule has 2 rings (SSSR count). The second-order valence-corrected chi connectivity index (χ2v) is 4.17. The predicted octanol–water partition coefficient (Wildman–Crippen LogP) is 2.10. The zero-order valence-corrected chi connectivity index (χ0v) is 8.87. The molecule has 1 aliphatic heterocycles. The number of benzene rings is 1. The molecule has 0 bridgehead atoms. The fourth-order valence-corrected chi connectivity index (χ4v) is 2.20. The molecule has 0 unspecified atom stereocenters. The van der Waals surface area contributed by atoms with Gasteiger partial charge in [0.05, 0.1) is 11.6 Å². The van der Waals surface area contributed by atoms with E-state index >= 15 is 0 Å². The molecule has 1 saturated heterocycles. The fraction of sp³-hybridized carbons (Fsp3) is 0.462. The van der Waals surface area contributed by atoms with E-state index < -0.39 is 0 Å². The lowest BCUT2D eigenvalue weighted by Gasteiger charge is -2.22. The van der Waals surface area contributed by atoms with Crippen LogP contribution in [0, 0.1) is 17.2 Å². The van der Waals surface area contributed by atoms with E-state index in [0.29, 0.717) is 0 Å². The van der Waals surface area contributed by atoms with E-state index in [1.165, 1.54) is 18.4 Å². The minimum absolute atomic E-state index is 0.751. The summed E-state index contributed by atoms with van der Waals surface area (Å²) in [5.41, 5.74) is 2.06. The summed E-state index contributed by atoms with van der Waals surface area (Å²) in [7, 11) is 0. The highest BCUT2D eigenvalue weighted by atomic mass is 14.9. The minimum atomic E-state index is 0.751. The number of piperidine rings is 1. The molecule has 1 fully saturated rings. The number of nitrogens with zero attached hydrogens (tertiary/aromatic N) is 1. The molecule has 1 aliphatic rings. The molecule has 0 aliphatic carbocycles. The molecule has 1 N–H and O–H groups in total. The third-order valence-corrected chi connectivity index (χ3v) is 3.11. The molecule has 0 saturated carbocycles. The lowest BCUT2D eigenvalue weighted by Crippen LogP contribution is -2.28. The van der Waals surface area contributed by atoms with Crippen LogP contribution in [0.1, 0.15) is 24.0 Å². The summed E-state index contributed by atoms with van der Waals surface area (Å²) < 4.78 is 0. The molecule has 1 heterocycles. The van der Waals surface area contributed by atoms with E-state index in [4.69, 9.17) is 5.26 Å². The highest BCUT2D eigenvalue weighted by molar-refractivity contribution is 5.37. The van der Waals surface area contributed by atoms with Crippen LogP contribution in [0.4, 0.5) is 0 Å². The van der Waals surface area contributed by atoms with E-state index in [9.17, 15) is 0 Å². The van der Waals surface area contributed by atoms with Gasteiger partial charge in [-0.05, 0) is 49.9 Å². The lowest BCUT2D eigenvalue weighted by molar-refractivity contribution is 0.372. The molecule has 1 aromatic rings. The standard InChI is InChI=1S/C13H16N2/c14-10-13-4-2-1-3-12(13)9-11-5-7-15-8-6-11/h1-4,11,15H,5-9H2. The van der Waals surface area contributed by atoms with Crippen molar-refractivity contribution in [2.24, 2.45) is 5.92 Å². The molecule has 0 aromatic heterocycles. The highest BCUT2D eigenvalue weighted by Crippen LogP contribution is 2.19. The number of hydrogen-bond acceptors (Lipinski definition) is 2. The topological polar surface area (TPSA) is 35.8 Å². The van der Waals surface area contributed by atoms with Crippen LogP contribution < -0.4 is 5.32 Å². The summed E-state index contributed by atoms with van der Waals surface area (Å²) in [5, 5.41) is 12.3. The van der Waals surface area contributed by atoms with Crippen molar-refractivity contribution in [3.63, 3.8) is 0 Å². The molecule has 2 heteroatoms. The van der Waals surface area contributed by atoms with Gasteiger partial charge >= 0.3 is 0 Å². The van der Waals surface area contributed by atoms with Gasteiger partial charge in [-0.1, -0.05) is 18.2 Å². The molecule has 0 amide bonds. The largest absolute Gasteiger partial charge is 0.317 e. The van der Waals surface area contributed by atoms with Gasteiger partial charge in [0.25, 0.3) is 0 Å². The zero-order chi connectivity index (χ0) is 10.5. The van der Waals surface area contributed by atoms with Crippen LogP contribution >= 0.6 is 0 Å². The van der Waals surface area contributed by atoms with Crippen molar-refractivity contribution >= 4 is 0 Å². The first-order valence-corrected chi connectivity index (χ1v) is 5.59. The van der Waals surface area contributed by atoms with E-state index in [-0.39, 0.29) is 0 Å². The second-order valence-electron chi connectivity index (χ2n) is 4.17. The Hall–Kier alpha value is -1.33. The van der Waals surface area contributed by atoms with Gasteiger partial charge in [0.15, 0.2) is 0 Å². The Bertz CT molecular complexity index is 359. The smallest absolute Gasteiger partial charge is 0.0994 e. The van der Waals surface area contributed by atoms with Crippen LogP contribution in [-0.2, 0) is 6.42 Å². The molecule has 78 valence electrons. The van der Waals surface area contributed by atoms with Gasteiger partial charge in [-0.25, -0.2) is 0 Å². The summed E-state index contributed by atoms with van der Waals surface area (Å²) in [6.45, 7) is 2.25. The van der Waals surface area contributed by atoms with Crippen molar-refractivity contribution in [3.05, 3.63) is 35.4 Å². The maximum absolute atomic E-state index is 8.99. The molecule has 0 radical (unpaired) electrons. The van der Waals surface area contributed by atoms with Crippen molar-refractivity contribution in [3.8, 4) is 6.07 Å². The number of rotatable bonds is 2. The Labute approximate surface area is 90.9 Å². The summed E-state index contributed by atoms with van der Waals surface area (Å²) >= 11 is 0. The maximum Gasteiger partial charge on any atom is 0.0994 e. The maximum atomic E-state index is 8.99. The van der Waals surface area contributed by atoms with Crippen molar-refractivity contribution < 1.29 is 0 Å². The third-order valence-electron chi connectivity index (χ3n) is 3.11. The van der Waals surface area contributed by atoms with Crippen molar-refractivity contribution in [1.82, 2.24) is 5.32 Å². The van der Waals surface area contributed by atoms with Gasteiger partial charge in [0.2, 0.25) is 0 Å². The molecular formula is C13H16N2. The van der Waals surface area contributed by atoms with Crippen molar-refractivity contribution in [2.45, 2.75) is 19.3 Å². The average molecular weight is 200 g/mol. The normalized spacial score (nSPS) is 17.3. The Kier molecular flexibility index (Phi) is 3.37. The van der Waals surface area contributed by atoms with E-state index in [2.05, 4.69) is 17.5 Å². The van der Waals surface area contributed by atoms with Gasteiger partial charge in [0.1, 0.15) is 0 Å². The van der Waals surface area contributed by atoms with E-state index in [1.807, 2.05) is 18.2 Å². The molecule has 2 nitrogen and oxygen atoms in total. The Morgan fingerprint density at radius 3 is 2.73 bits per heavy atom. The lowest BCUT2D eigenvalue weighted by atomic mass is 9.89. The first-order chi connectivity index (χ1) is 7.40. The van der Waals surface area contributed by atoms with Crippen molar-refractivity contribution in [1.29, 1.82) is 5.26 Å². The second kappa shape index (κ2) is 4.95. The quantitative estimate of drug-likeness (QED) is 0.793. The molecule has 1 aromatic carbocycles. The van der Waals surface area contributed by atoms with E-state index in [0.717, 1.165) is 31.0 Å². The van der Waals surface area contributed by atoms with Crippen molar-refractivity contribution in [2.75, 3.05) is 13.1 Å². The van der Waals surface area contributed by atoms with Crippen LogP contribution in [0.15, 0.2) is 24.3 Å². The van der Waals surface area contributed by atoms with Crippen LogP contribution in [0.25, 0.3) is 0 Å². The van der Waals surface area contributed by atoms with E-state index in [1.54, 1.807) is 0 Å². The van der Waals surface area contributed by atoms with Gasteiger partial charge in [-0.15, -0.1) is 0 Å². The van der Waals surface area contributed by atoms with Crippen LogP contribution in [0.5, 0.6) is 0 Å². The molecule has 0 atom stereocenters. The summed E-state index contributed by atoms with van der Waals surface area (Å²) in [6.07, 6.45) is 3.53. The minimum Gasteiger partial charge on any atom is -0.317 e. The predicted molar refractivity (Wildman–Crippen MR) is 60.5 cm³/mol. The Morgan fingerprint density at radius 1 is 1.27 bits per heavy atom. The molecule has 0 spiro atoms. The van der Waals surface area contributed by atoms with Crippen LogP contribution in [0.2, 0.25) is 0 Å². The van der Waals surface area contributed by atoms with Crippen LogP contribution in [0.3, 0.4) is 0 Å². The summed E-state index contributed by atoms with van der Waals surface area (Å²) in [6, 6.07) is 10.2. The fourth-order valence-electron chi connectivity index (χ4n) is 2.20.